The number of carboxylic acid groups (broad SMARTS) is 1. The first-order valence-corrected chi connectivity index (χ1v) is 6.71. The number of aromatic carboxylic acids is 1. The maximum absolute atomic E-state index is 13.2. The largest absolute Gasteiger partial charge is 0.478 e. The van der Waals surface area contributed by atoms with Crippen molar-refractivity contribution in [2.45, 2.75) is 18.8 Å². The van der Waals surface area contributed by atoms with E-state index in [4.69, 9.17) is 5.11 Å². The first-order valence-electron chi connectivity index (χ1n) is 6.71. The van der Waals surface area contributed by atoms with E-state index in [1.807, 2.05) is 4.90 Å². The Morgan fingerprint density at radius 1 is 1.19 bits per heavy atom. The van der Waals surface area contributed by atoms with Crippen molar-refractivity contribution < 1.29 is 18.7 Å². The number of aromatic nitrogens is 1. The molecule has 21 heavy (non-hydrogen) atoms. The van der Waals surface area contributed by atoms with E-state index in [1.165, 1.54) is 6.07 Å². The second kappa shape index (κ2) is 4.95. The number of anilines is 1. The average Bonchev–Trinajstić information content (AvgIpc) is 2.46. The van der Waals surface area contributed by atoms with Gasteiger partial charge in [0.25, 0.3) is 5.92 Å². The summed E-state index contributed by atoms with van der Waals surface area (Å²) in [4.78, 5) is 17.2. The second-order valence-electron chi connectivity index (χ2n) is 5.23. The summed E-state index contributed by atoms with van der Waals surface area (Å²) < 4.78 is 26.3. The number of carbonyl (C=O) groups is 1. The lowest BCUT2D eigenvalue weighted by molar-refractivity contribution is -0.0221. The first-order chi connectivity index (χ1) is 9.94. The van der Waals surface area contributed by atoms with Crippen LogP contribution in [0.2, 0.25) is 0 Å². The van der Waals surface area contributed by atoms with E-state index in [9.17, 15) is 13.6 Å². The summed E-state index contributed by atoms with van der Waals surface area (Å²) in [5.74, 6) is -2.91. The average molecular weight is 292 g/mol. The van der Waals surface area contributed by atoms with Crippen molar-refractivity contribution >= 4 is 22.7 Å². The molecule has 1 aromatic carbocycles. The van der Waals surface area contributed by atoms with Crippen LogP contribution in [0.5, 0.6) is 0 Å². The molecule has 1 N–H and O–H groups in total. The predicted molar refractivity (Wildman–Crippen MR) is 75.1 cm³/mol. The van der Waals surface area contributed by atoms with Gasteiger partial charge in [-0.3, -0.25) is 0 Å². The van der Waals surface area contributed by atoms with Crippen molar-refractivity contribution in [2.24, 2.45) is 0 Å². The number of fused-ring (bicyclic) bond motifs is 1. The molecule has 1 aliphatic heterocycles. The van der Waals surface area contributed by atoms with Crippen LogP contribution in [0.25, 0.3) is 10.9 Å². The van der Waals surface area contributed by atoms with Crippen molar-refractivity contribution in [3.8, 4) is 0 Å². The number of piperidine rings is 1. The quantitative estimate of drug-likeness (QED) is 0.923. The Morgan fingerprint density at radius 2 is 1.90 bits per heavy atom. The van der Waals surface area contributed by atoms with Gasteiger partial charge in [0.2, 0.25) is 0 Å². The Hall–Kier alpha value is -2.24. The number of nitrogens with zero attached hydrogens (tertiary/aromatic N) is 2. The van der Waals surface area contributed by atoms with E-state index in [0.717, 1.165) is 5.39 Å². The third kappa shape index (κ3) is 2.79. The monoisotopic (exact) mass is 292 g/mol. The molecule has 0 amide bonds. The molecular formula is C15H14F2N2O2. The standard InChI is InChI=1S/C15H14F2N2O2/c16-15(17)5-7-19(8-6-15)13-4-2-10-9-11(14(20)21)1-3-12(10)18-13/h1-4,9H,5-8H2,(H,20,21). The van der Waals surface area contributed by atoms with Crippen LogP contribution in [0, 0.1) is 0 Å². The van der Waals surface area contributed by atoms with E-state index >= 15 is 0 Å². The number of pyridine rings is 1. The van der Waals surface area contributed by atoms with Crippen LogP contribution in [-0.4, -0.2) is 35.1 Å². The van der Waals surface area contributed by atoms with E-state index in [1.54, 1.807) is 24.3 Å². The fourth-order valence-electron chi connectivity index (χ4n) is 2.49. The molecular weight excluding hydrogens is 278 g/mol. The van der Waals surface area contributed by atoms with Crippen LogP contribution in [0.3, 0.4) is 0 Å². The minimum Gasteiger partial charge on any atom is -0.478 e. The van der Waals surface area contributed by atoms with E-state index < -0.39 is 11.9 Å². The van der Waals surface area contributed by atoms with Crippen LogP contribution in [-0.2, 0) is 0 Å². The lowest BCUT2D eigenvalue weighted by Gasteiger charge is -2.32. The molecule has 3 rings (SSSR count). The zero-order valence-electron chi connectivity index (χ0n) is 11.2. The summed E-state index contributed by atoms with van der Waals surface area (Å²) in [5, 5.41) is 9.68. The number of carboxylic acids is 1. The molecule has 0 atom stereocenters. The molecule has 1 aliphatic rings. The maximum Gasteiger partial charge on any atom is 0.335 e. The molecule has 4 nitrogen and oxygen atoms in total. The second-order valence-corrected chi connectivity index (χ2v) is 5.23. The van der Waals surface area contributed by atoms with Crippen LogP contribution in [0.1, 0.15) is 23.2 Å². The van der Waals surface area contributed by atoms with E-state index in [2.05, 4.69) is 4.98 Å². The van der Waals surface area contributed by atoms with Crippen LogP contribution in [0.4, 0.5) is 14.6 Å². The fourth-order valence-corrected chi connectivity index (χ4v) is 2.49. The Kier molecular flexibility index (Phi) is 3.23. The van der Waals surface area contributed by atoms with Gasteiger partial charge < -0.3 is 10.0 Å². The molecule has 110 valence electrons. The van der Waals surface area contributed by atoms with Crippen molar-refractivity contribution in [2.75, 3.05) is 18.0 Å². The lowest BCUT2D eigenvalue weighted by Crippen LogP contribution is -2.39. The lowest BCUT2D eigenvalue weighted by atomic mass is 10.1. The van der Waals surface area contributed by atoms with Gasteiger partial charge in [0, 0.05) is 31.3 Å². The number of hydrogen-bond donors (Lipinski definition) is 1. The Bertz CT molecular complexity index is 693. The number of alkyl halides is 2. The molecule has 6 heteroatoms. The normalized spacial score (nSPS) is 17.9. The molecule has 0 bridgehead atoms. The van der Waals surface area contributed by atoms with Gasteiger partial charge in [0.15, 0.2) is 0 Å². The highest BCUT2D eigenvalue weighted by Crippen LogP contribution is 2.30. The van der Waals surface area contributed by atoms with Crippen molar-refractivity contribution in [1.29, 1.82) is 0 Å². The molecule has 1 saturated heterocycles. The summed E-state index contributed by atoms with van der Waals surface area (Å²) in [6.45, 7) is 0.553. The van der Waals surface area contributed by atoms with Gasteiger partial charge in [-0.05, 0) is 30.3 Å². The van der Waals surface area contributed by atoms with Gasteiger partial charge in [-0.2, -0.15) is 0 Å². The summed E-state index contributed by atoms with van der Waals surface area (Å²) in [7, 11) is 0. The molecule has 0 aliphatic carbocycles. The fraction of sp³-hybridized carbons (Fsp3) is 0.333. The third-order valence-electron chi connectivity index (χ3n) is 3.74. The molecule has 1 fully saturated rings. The zero-order valence-corrected chi connectivity index (χ0v) is 11.2. The minimum absolute atomic E-state index is 0.162. The molecule has 0 saturated carbocycles. The Labute approximate surface area is 120 Å². The van der Waals surface area contributed by atoms with Gasteiger partial charge in [-0.25, -0.2) is 18.6 Å². The highest BCUT2D eigenvalue weighted by Gasteiger charge is 2.34. The summed E-state index contributed by atoms with van der Waals surface area (Å²) >= 11 is 0. The van der Waals surface area contributed by atoms with Crippen LogP contribution >= 0.6 is 0 Å². The predicted octanol–water partition coefficient (Wildman–Crippen LogP) is 3.17. The molecule has 2 heterocycles. The first kappa shape index (κ1) is 13.7. The highest BCUT2D eigenvalue weighted by atomic mass is 19.3. The number of benzene rings is 1. The van der Waals surface area contributed by atoms with Gasteiger partial charge in [0.05, 0.1) is 11.1 Å². The summed E-state index contributed by atoms with van der Waals surface area (Å²) in [6.07, 6.45) is -0.324. The van der Waals surface area contributed by atoms with Crippen LogP contribution < -0.4 is 4.90 Å². The third-order valence-corrected chi connectivity index (χ3v) is 3.74. The molecule has 0 radical (unpaired) electrons. The van der Waals surface area contributed by atoms with E-state index in [0.29, 0.717) is 11.3 Å². The Balaban J connectivity index is 1.88. The highest BCUT2D eigenvalue weighted by molar-refractivity contribution is 5.93. The maximum atomic E-state index is 13.2. The van der Waals surface area contributed by atoms with Gasteiger partial charge in [-0.15, -0.1) is 0 Å². The smallest absolute Gasteiger partial charge is 0.335 e. The van der Waals surface area contributed by atoms with Crippen LogP contribution in [0.15, 0.2) is 30.3 Å². The van der Waals surface area contributed by atoms with Gasteiger partial charge >= 0.3 is 5.97 Å². The zero-order chi connectivity index (χ0) is 15.0. The number of halogens is 2. The van der Waals surface area contributed by atoms with Crippen molar-refractivity contribution in [3.63, 3.8) is 0 Å². The number of hydrogen-bond acceptors (Lipinski definition) is 3. The summed E-state index contributed by atoms with van der Waals surface area (Å²) in [6, 6.07) is 8.21. The topological polar surface area (TPSA) is 53.4 Å². The summed E-state index contributed by atoms with van der Waals surface area (Å²) in [5.41, 5.74) is 0.865. The Morgan fingerprint density at radius 3 is 2.57 bits per heavy atom. The molecule has 1 aromatic heterocycles. The molecule has 0 spiro atoms. The number of rotatable bonds is 2. The van der Waals surface area contributed by atoms with Gasteiger partial charge in [0.1, 0.15) is 5.82 Å². The van der Waals surface area contributed by atoms with Crippen molar-refractivity contribution in [1.82, 2.24) is 4.98 Å². The van der Waals surface area contributed by atoms with Gasteiger partial charge in [-0.1, -0.05) is 0 Å². The van der Waals surface area contributed by atoms with E-state index in [-0.39, 0.29) is 31.5 Å². The van der Waals surface area contributed by atoms with Crippen molar-refractivity contribution in [3.05, 3.63) is 35.9 Å². The SMILES string of the molecule is O=C(O)c1ccc2nc(N3CCC(F)(F)CC3)ccc2c1. The molecule has 2 aromatic rings. The molecule has 0 unspecified atom stereocenters. The minimum atomic E-state index is -2.58.